The fraction of sp³-hybridized carbons (Fsp3) is 0.625. The zero-order valence-corrected chi connectivity index (χ0v) is 11.8. The lowest BCUT2D eigenvalue weighted by Gasteiger charge is -2.25. The molecular weight excluding hydrogens is 222 g/mol. The zero-order chi connectivity index (χ0) is 13.0. The van der Waals surface area contributed by atoms with Crippen LogP contribution < -0.4 is 10.1 Å². The number of ether oxygens (including phenoxy) is 1. The molecule has 0 aliphatic heterocycles. The summed E-state index contributed by atoms with van der Waals surface area (Å²) in [6.45, 7) is 5.26. The predicted octanol–water partition coefficient (Wildman–Crippen LogP) is 3.71. The van der Waals surface area contributed by atoms with E-state index >= 15 is 0 Å². The van der Waals surface area contributed by atoms with Gasteiger partial charge in [-0.3, -0.25) is 0 Å². The molecule has 0 bridgehead atoms. The van der Waals surface area contributed by atoms with Crippen molar-refractivity contribution < 1.29 is 4.74 Å². The maximum Gasteiger partial charge on any atom is 0.119 e. The van der Waals surface area contributed by atoms with Crippen molar-refractivity contribution in [3.8, 4) is 5.75 Å². The van der Waals surface area contributed by atoms with E-state index in [2.05, 4.69) is 37.4 Å². The third kappa shape index (κ3) is 3.05. The Morgan fingerprint density at radius 2 is 2.28 bits per heavy atom. The minimum atomic E-state index is 0.501. The van der Waals surface area contributed by atoms with Gasteiger partial charge in [0, 0.05) is 6.04 Å². The lowest BCUT2D eigenvalue weighted by atomic mass is 9.87. The van der Waals surface area contributed by atoms with Crippen molar-refractivity contribution in [2.75, 3.05) is 13.7 Å². The van der Waals surface area contributed by atoms with Crippen LogP contribution in [0.4, 0.5) is 0 Å². The van der Waals surface area contributed by atoms with Crippen LogP contribution in [0.5, 0.6) is 5.75 Å². The molecule has 2 rings (SSSR count). The summed E-state index contributed by atoms with van der Waals surface area (Å²) in [5.41, 5.74) is 2.92. The van der Waals surface area contributed by atoms with Crippen LogP contribution in [0.15, 0.2) is 18.2 Å². The van der Waals surface area contributed by atoms with Gasteiger partial charge in [0.05, 0.1) is 6.61 Å². The first-order chi connectivity index (χ1) is 8.74. The molecule has 100 valence electrons. The maximum atomic E-state index is 5.89. The van der Waals surface area contributed by atoms with Gasteiger partial charge < -0.3 is 10.1 Å². The Kier molecular flexibility index (Phi) is 4.65. The number of rotatable bonds is 5. The van der Waals surface area contributed by atoms with Crippen molar-refractivity contribution in [1.29, 1.82) is 0 Å². The minimum absolute atomic E-state index is 0.501. The van der Waals surface area contributed by atoms with Crippen molar-refractivity contribution in [3.63, 3.8) is 0 Å². The van der Waals surface area contributed by atoms with Gasteiger partial charge in [0.2, 0.25) is 0 Å². The standard InChI is InChI=1S/C16H25NO/c1-4-12(2)11-18-14-9-8-13-6-5-7-16(17-3)15(13)10-14/h8-10,12,16-17H,4-7,11H2,1-3H3. The van der Waals surface area contributed by atoms with Gasteiger partial charge in [-0.05, 0) is 55.5 Å². The molecule has 0 amide bonds. The number of fused-ring (bicyclic) bond motifs is 1. The summed E-state index contributed by atoms with van der Waals surface area (Å²) in [4.78, 5) is 0. The van der Waals surface area contributed by atoms with E-state index < -0.39 is 0 Å². The molecule has 2 unspecified atom stereocenters. The molecule has 0 fully saturated rings. The highest BCUT2D eigenvalue weighted by molar-refractivity contribution is 5.39. The smallest absolute Gasteiger partial charge is 0.119 e. The van der Waals surface area contributed by atoms with E-state index in [9.17, 15) is 0 Å². The molecule has 1 aliphatic carbocycles. The lowest BCUT2D eigenvalue weighted by molar-refractivity contribution is 0.256. The SMILES string of the molecule is CCC(C)COc1ccc2c(c1)C(NC)CCC2. The molecule has 1 N–H and O–H groups in total. The quantitative estimate of drug-likeness (QED) is 0.856. The highest BCUT2D eigenvalue weighted by atomic mass is 16.5. The van der Waals surface area contributed by atoms with Gasteiger partial charge >= 0.3 is 0 Å². The lowest BCUT2D eigenvalue weighted by Crippen LogP contribution is -2.21. The van der Waals surface area contributed by atoms with E-state index in [1.54, 1.807) is 0 Å². The monoisotopic (exact) mass is 247 g/mol. The molecular formula is C16H25NO. The summed E-state index contributed by atoms with van der Waals surface area (Å²) in [7, 11) is 2.05. The van der Waals surface area contributed by atoms with Crippen LogP contribution in [0.25, 0.3) is 0 Å². The molecule has 0 spiro atoms. The normalized spacial score (nSPS) is 20.3. The van der Waals surface area contributed by atoms with E-state index in [1.807, 2.05) is 7.05 Å². The van der Waals surface area contributed by atoms with Crippen molar-refractivity contribution in [3.05, 3.63) is 29.3 Å². The second-order valence-corrected chi connectivity index (χ2v) is 5.42. The Morgan fingerprint density at radius 1 is 1.44 bits per heavy atom. The van der Waals surface area contributed by atoms with Crippen molar-refractivity contribution in [1.82, 2.24) is 5.32 Å². The molecule has 2 atom stereocenters. The Labute approximate surface area is 111 Å². The molecule has 2 heteroatoms. The predicted molar refractivity (Wildman–Crippen MR) is 76.1 cm³/mol. The highest BCUT2D eigenvalue weighted by Crippen LogP contribution is 2.32. The van der Waals surface area contributed by atoms with Gasteiger partial charge in [-0.2, -0.15) is 0 Å². The van der Waals surface area contributed by atoms with Gasteiger partial charge in [0.25, 0.3) is 0 Å². The fourth-order valence-corrected chi connectivity index (χ4v) is 2.52. The minimum Gasteiger partial charge on any atom is -0.493 e. The zero-order valence-electron chi connectivity index (χ0n) is 11.8. The van der Waals surface area contributed by atoms with Crippen LogP contribution in [0.1, 0.15) is 50.3 Å². The average molecular weight is 247 g/mol. The number of nitrogens with one attached hydrogen (secondary N) is 1. The van der Waals surface area contributed by atoms with Crippen molar-refractivity contribution in [2.45, 2.75) is 45.6 Å². The summed E-state index contributed by atoms with van der Waals surface area (Å²) in [5, 5.41) is 3.41. The van der Waals surface area contributed by atoms with Gasteiger partial charge in [0.15, 0.2) is 0 Å². The van der Waals surface area contributed by atoms with Gasteiger partial charge in [-0.25, -0.2) is 0 Å². The molecule has 0 saturated carbocycles. The highest BCUT2D eigenvalue weighted by Gasteiger charge is 2.19. The third-order valence-electron chi connectivity index (χ3n) is 4.01. The van der Waals surface area contributed by atoms with Gasteiger partial charge in [0.1, 0.15) is 5.75 Å². The first-order valence-corrected chi connectivity index (χ1v) is 7.17. The third-order valence-corrected chi connectivity index (χ3v) is 4.01. The Bertz CT molecular complexity index is 389. The molecule has 0 saturated heterocycles. The van der Waals surface area contributed by atoms with E-state index in [0.29, 0.717) is 12.0 Å². The van der Waals surface area contributed by atoms with E-state index in [4.69, 9.17) is 4.74 Å². The Hall–Kier alpha value is -1.02. The molecule has 1 aromatic rings. The second kappa shape index (κ2) is 6.24. The van der Waals surface area contributed by atoms with Crippen LogP contribution in [0, 0.1) is 5.92 Å². The van der Waals surface area contributed by atoms with Gasteiger partial charge in [-0.1, -0.05) is 26.3 Å². The molecule has 0 aromatic heterocycles. The van der Waals surface area contributed by atoms with Crippen LogP contribution >= 0.6 is 0 Å². The molecule has 18 heavy (non-hydrogen) atoms. The molecule has 1 aromatic carbocycles. The largest absolute Gasteiger partial charge is 0.493 e. The summed E-state index contributed by atoms with van der Waals surface area (Å²) in [6, 6.07) is 7.10. The Balaban J connectivity index is 2.10. The van der Waals surface area contributed by atoms with Crippen LogP contribution in [-0.2, 0) is 6.42 Å². The fourth-order valence-electron chi connectivity index (χ4n) is 2.52. The maximum absolute atomic E-state index is 5.89. The summed E-state index contributed by atoms with van der Waals surface area (Å²) < 4.78 is 5.89. The number of hydrogen-bond acceptors (Lipinski definition) is 2. The first-order valence-electron chi connectivity index (χ1n) is 7.17. The average Bonchev–Trinajstić information content (AvgIpc) is 2.43. The number of hydrogen-bond donors (Lipinski definition) is 1. The molecule has 2 nitrogen and oxygen atoms in total. The van der Waals surface area contributed by atoms with Crippen molar-refractivity contribution in [2.24, 2.45) is 5.92 Å². The summed E-state index contributed by atoms with van der Waals surface area (Å²) in [6.07, 6.45) is 4.90. The first kappa shape index (κ1) is 13.4. The van der Waals surface area contributed by atoms with E-state index in [1.165, 1.54) is 36.8 Å². The number of aryl methyl sites for hydroxylation is 1. The van der Waals surface area contributed by atoms with Crippen molar-refractivity contribution >= 4 is 0 Å². The second-order valence-electron chi connectivity index (χ2n) is 5.42. The van der Waals surface area contributed by atoms with Crippen LogP contribution in [0.2, 0.25) is 0 Å². The summed E-state index contributed by atoms with van der Waals surface area (Å²) in [5.74, 6) is 1.65. The van der Waals surface area contributed by atoms with E-state index in [0.717, 1.165) is 12.4 Å². The van der Waals surface area contributed by atoms with Gasteiger partial charge in [-0.15, -0.1) is 0 Å². The topological polar surface area (TPSA) is 21.3 Å². The van der Waals surface area contributed by atoms with Crippen LogP contribution in [0.3, 0.4) is 0 Å². The molecule has 0 heterocycles. The number of benzene rings is 1. The Morgan fingerprint density at radius 3 is 3.00 bits per heavy atom. The molecule has 0 radical (unpaired) electrons. The van der Waals surface area contributed by atoms with E-state index in [-0.39, 0.29) is 0 Å². The summed E-state index contributed by atoms with van der Waals surface area (Å²) >= 11 is 0. The molecule has 1 aliphatic rings. The van der Waals surface area contributed by atoms with Crippen LogP contribution in [-0.4, -0.2) is 13.7 Å².